The van der Waals surface area contributed by atoms with Crippen molar-refractivity contribution >= 4 is 17.5 Å². The van der Waals surface area contributed by atoms with Crippen LogP contribution in [0.4, 0.5) is 0 Å². The first kappa shape index (κ1) is 10.8. The van der Waals surface area contributed by atoms with Gasteiger partial charge < -0.3 is 5.32 Å². The molecule has 0 saturated carbocycles. The number of carbonyl (C=O) groups excluding carboxylic acids is 1. The largest absolute Gasteiger partial charge is 0.353 e. The van der Waals surface area contributed by atoms with Gasteiger partial charge in [-0.2, -0.15) is 0 Å². The molecular weight excluding hydrogens is 162 g/mol. The van der Waals surface area contributed by atoms with Crippen LogP contribution in [-0.2, 0) is 4.79 Å². The number of alkyl halides is 1. The van der Waals surface area contributed by atoms with E-state index in [1.807, 2.05) is 20.8 Å². The summed E-state index contributed by atoms with van der Waals surface area (Å²) in [7, 11) is 0. The zero-order chi connectivity index (χ0) is 8.85. The van der Waals surface area contributed by atoms with E-state index in [0.29, 0.717) is 5.88 Å². The zero-order valence-electron chi connectivity index (χ0n) is 7.36. The summed E-state index contributed by atoms with van der Waals surface area (Å²) in [6, 6.07) is 0.197. The molecule has 0 aromatic heterocycles. The van der Waals surface area contributed by atoms with Gasteiger partial charge in [-0.3, -0.25) is 4.79 Å². The monoisotopic (exact) mass is 177 g/mol. The first-order valence-electron chi connectivity index (χ1n) is 3.94. The van der Waals surface area contributed by atoms with Crippen LogP contribution >= 0.6 is 11.6 Å². The average Bonchev–Trinajstić information content (AvgIpc) is 1.87. The zero-order valence-corrected chi connectivity index (χ0v) is 8.11. The fraction of sp³-hybridized carbons (Fsp3) is 0.875. The molecule has 0 rings (SSSR count). The van der Waals surface area contributed by atoms with Gasteiger partial charge in [0.1, 0.15) is 0 Å². The second kappa shape index (κ2) is 5.42. The minimum absolute atomic E-state index is 0.0628. The van der Waals surface area contributed by atoms with Crippen molar-refractivity contribution in [2.75, 3.05) is 5.88 Å². The molecule has 0 aliphatic carbocycles. The Labute approximate surface area is 73.3 Å². The Hall–Kier alpha value is -0.240. The van der Waals surface area contributed by atoms with Gasteiger partial charge in [-0.1, -0.05) is 13.8 Å². The molecule has 0 spiro atoms. The molecule has 0 fully saturated rings. The van der Waals surface area contributed by atoms with E-state index in [0.717, 1.165) is 6.42 Å². The Bertz CT molecular complexity index is 125. The fourth-order valence-corrected chi connectivity index (χ4v) is 0.973. The quantitative estimate of drug-likeness (QED) is 0.652. The van der Waals surface area contributed by atoms with E-state index in [4.69, 9.17) is 11.6 Å². The Morgan fingerprint density at radius 1 is 1.45 bits per heavy atom. The molecule has 0 aliphatic rings. The lowest BCUT2D eigenvalue weighted by molar-refractivity contribution is -0.124. The molecule has 0 bridgehead atoms. The number of hydrogen-bond acceptors (Lipinski definition) is 1. The molecule has 66 valence electrons. The number of carbonyl (C=O) groups is 1. The molecule has 0 saturated heterocycles. The van der Waals surface area contributed by atoms with Gasteiger partial charge in [0.05, 0.1) is 0 Å². The molecule has 1 amide bonds. The van der Waals surface area contributed by atoms with Crippen molar-refractivity contribution in [1.82, 2.24) is 5.32 Å². The summed E-state index contributed by atoms with van der Waals surface area (Å²) in [5.41, 5.74) is 0. The van der Waals surface area contributed by atoms with Crippen LogP contribution in [0, 0.1) is 5.92 Å². The van der Waals surface area contributed by atoms with Gasteiger partial charge in [0.15, 0.2) is 0 Å². The maximum atomic E-state index is 11.1. The van der Waals surface area contributed by atoms with Gasteiger partial charge in [-0.25, -0.2) is 0 Å². The lowest BCUT2D eigenvalue weighted by atomic mass is 10.2. The first-order chi connectivity index (χ1) is 5.07. The summed E-state index contributed by atoms with van der Waals surface area (Å²) in [6.07, 6.45) is 0.833. The summed E-state index contributed by atoms with van der Waals surface area (Å²) < 4.78 is 0. The third kappa shape index (κ3) is 5.08. The predicted octanol–water partition coefficient (Wildman–Crippen LogP) is 1.78. The van der Waals surface area contributed by atoms with Crippen molar-refractivity contribution in [2.24, 2.45) is 5.92 Å². The number of halogens is 1. The van der Waals surface area contributed by atoms with Crippen LogP contribution < -0.4 is 5.32 Å². The summed E-state index contributed by atoms with van der Waals surface area (Å²) in [5, 5.41) is 2.86. The minimum Gasteiger partial charge on any atom is -0.353 e. The summed E-state index contributed by atoms with van der Waals surface area (Å²) in [5.74, 6) is 0.759. The molecule has 3 heteroatoms. The van der Waals surface area contributed by atoms with Crippen molar-refractivity contribution in [3.05, 3.63) is 0 Å². The maximum absolute atomic E-state index is 11.1. The van der Waals surface area contributed by atoms with Crippen molar-refractivity contribution in [1.29, 1.82) is 0 Å². The minimum atomic E-state index is 0.0628. The average molecular weight is 178 g/mol. The van der Waals surface area contributed by atoms with Crippen LogP contribution in [0.3, 0.4) is 0 Å². The number of rotatable bonds is 4. The summed E-state index contributed by atoms with van der Waals surface area (Å²) in [4.78, 5) is 11.1. The molecule has 1 atom stereocenters. The molecular formula is C8H16ClNO. The van der Waals surface area contributed by atoms with Crippen molar-refractivity contribution in [3.8, 4) is 0 Å². The third-order valence-corrected chi connectivity index (χ3v) is 1.67. The normalized spacial score (nSPS) is 13.2. The first-order valence-corrected chi connectivity index (χ1v) is 4.47. The molecule has 0 aliphatic heterocycles. The highest BCUT2D eigenvalue weighted by molar-refractivity contribution is 6.17. The van der Waals surface area contributed by atoms with E-state index in [2.05, 4.69) is 5.32 Å². The van der Waals surface area contributed by atoms with Crippen LogP contribution in [0.1, 0.15) is 27.2 Å². The molecule has 0 radical (unpaired) electrons. The fourth-order valence-electron chi connectivity index (χ4n) is 0.645. The van der Waals surface area contributed by atoms with Crippen molar-refractivity contribution < 1.29 is 4.79 Å². The van der Waals surface area contributed by atoms with Crippen molar-refractivity contribution in [2.45, 2.75) is 33.2 Å². The smallest absolute Gasteiger partial charge is 0.222 e. The second-order valence-corrected chi connectivity index (χ2v) is 3.42. The van der Waals surface area contributed by atoms with Crippen LogP contribution in [0.15, 0.2) is 0 Å². The van der Waals surface area contributed by atoms with Gasteiger partial charge in [-0.15, -0.1) is 11.6 Å². The molecule has 2 nitrogen and oxygen atoms in total. The van der Waals surface area contributed by atoms with E-state index >= 15 is 0 Å². The molecule has 0 aromatic carbocycles. The van der Waals surface area contributed by atoms with Crippen LogP contribution in [0.25, 0.3) is 0 Å². The molecule has 0 heterocycles. The van der Waals surface area contributed by atoms with E-state index in [-0.39, 0.29) is 17.9 Å². The number of amides is 1. The van der Waals surface area contributed by atoms with E-state index in [9.17, 15) is 4.79 Å². The summed E-state index contributed by atoms with van der Waals surface area (Å²) >= 11 is 5.51. The highest BCUT2D eigenvalue weighted by Gasteiger charge is 2.09. The van der Waals surface area contributed by atoms with Gasteiger partial charge in [-0.05, 0) is 13.3 Å². The van der Waals surface area contributed by atoms with Gasteiger partial charge in [0.2, 0.25) is 5.91 Å². The molecule has 11 heavy (non-hydrogen) atoms. The summed E-state index contributed by atoms with van der Waals surface area (Å²) in [6.45, 7) is 5.72. The van der Waals surface area contributed by atoms with Crippen LogP contribution in [0.2, 0.25) is 0 Å². The van der Waals surface area contributed by atoms with Crippen LogP contribution in [-0.4, -0.2) is 17.8 Å². The lowest BCUT2D eigenvalue weighted by Gasteiger charge is -2.13. The Kier molecular flexibility index (Phi) is 5.30. The highest BCUT2D eigenvalue weighted by Crippen LogP contribution is 1.96. The van der Waals surface area contributed by atoms with E-state index in [1.54, 1.807) is 0 Å². The molecule has 0 aromatic rings. The molecule has 1 unspecified atom stereocenters. The predicted molar refractivity (Wildman–Crippen MR) is 47.8 cm³/mol. The second-order valence-electron chi connectivity index (χ2n) is 3.04. The SMILES string of the molecule is CC(CCCl)NC(=O)C(C)C. The lowest BCUT2D eigenvalue weighted by Crippen LogP contribution is -2.35. The van der Waals surface area contributed by atoms with E-state index < -0.39 is 0 Å². The van der Waals surface area contributed by atoms with Crippen LogP contribution in [0.5, 0.6) is 0 Å². The molecule has 1 N–H and O–H groups in total. The Balaban J connectivity index is 3.57. The van der Waals surface area contributed by atoms with E-state index in [1.165, 1.54) is 0 Å². The Morgan fingerprint density at radius 3 is 2.36 bits per heavy atom. The van der Waals surface area contributed by atoms with Gasteiger partial charge in [0.25, 0.3) is 0 Å². The standard InChI is InChI=1S/C8H16ClNO/c1-6(2)8(11)10-7(3)4-5-9/h6-7H,4-5H2,1-3H3,(H,10,11). The van der Waals surface area contributed by atoms with Gasteiger partial charge in [0, 0.05) is 17.8 Å². The van der Waals surface area contributed by atoms with Crippen molar-refractivity contribution in [3.63, 3.8) is 0 Å². The Morgan fingerprint density at radius 2 is 2.00 bits per heavy atom. The number of nitrogens with one attached hydrogen (secondary N) is 1. The van der Waals surface area contributed by atoms with Gasteiger partial charge >= 0.3 is 0 Å². The highest BCUT2D eigenvalue weighted by atomic mass is 35.5. The number of hydrogen-bond donors (Lipinski definition) is 1. The third-order valence-electron chi connectivity index (χ3n) is 1.46. The maximum Gasteiger partial charge on any atom is 0.222 e. The topological polar surface area (TPSA) is 29.1 Å².